The number of ether oxygens (including phenoxy) is 1. The van der Waals surface area contributed by atoms with Gasteiger partial charge in [-0.2, -0.15) is 5.10 Å². The van der Waals surface area contributed by atoms with Gasteiger partial charge in [0, 0.05) is 6.07 Å². The molecule has 1 amide bonds. The number of hydrogen-bond donors (Lipinski definition) is 1. The van der Waals surface area contributed by atoms with Crippen LogP contribution in [0.2, 0.25) is 0 Å². The number of nitrogens with one attached hydrogen (secondary N) is 1. The Labute approximate surface area is 165 Å². The van der Waals surface area contributed by atoms with Gasteiger partial charge in [-0.3, -0.25) is 9.59 Å². The van der Waals surface area contributed by atoms with Gasteiger partial charge >= 0.3 is 0 Å². The molecular formula is C20H20N4O3S. The largest absolute Gasteiger partial charge is 0.377 e. The SMILES string of the molecule is O=C(NC1COCC1n1nc2c(cc1=O)CCCC2)c1nc2ccccc2s1. The molecule has 1 aliphatic heterocycles. The Kier molecular flexibility index (Phi) is 4.44. The average Bonchev–Trinajstić information content (AvgIpc) is 3.34. The van der Waals surface area contributed by atoms with Crippen molar-refractivity contribution in [2.24, 2.45) is 0 Å². The highest BCUT2D eigenvalue weighted by molar-refractivity contribution is 7.20. The molecule has 2 unspecified atom stereocenters. The Balaban J connectivity index is 1.40. The molecule has 2 aliphatic rings. The Morgan fingerprint density at radius 3 is 2.96 bits per heavy atom. The summed E-state index contributed by atoms with van der Waals surface area (Å²) >= 11 is 1.36. The molecule has 1 saturated heterocycles. The maximum Gasteiger partial charge on any atom is 0.280 e. The summed E-state index contributed by atoms with van der Waals surface area (Å²) in [6.07, 6.45) is 4.01. The predicted octanol–water partition coefficient (Wildman–Crippen LogP) is 2.10. The summed E-state index contributed by atoms with van der Waals surface area (Å²) in [7, 11) is 0. The first-order valence-corrected chi connectivity index (χ1v) is 10.4. The third kappa shape index (κ3) is 3.12. The molecule has 3 heterocycles. The van der Waals surface area contributed by atoms with Crippen LogP contribution in [0.25, 0.3) is 10.2 Å². The third-order valence-electron chi connectivity index (χ3n) is 5.40. The summed E-state index contributed by atoms with van der Waals surface area (Å²) in [5.74, 6) is -0.243. The quantitative estimate of drug-likeness (QED) is 0.733. The van der Waals surface area contributed by atoms with Crippen molar-refractivity contribution in [3.8, 4) is 0 Å². The summed E-state index contributed by atoms with van der Waals surface area (Å²) in [6, 6.07) is 8.74. The van der Waals surface area contributed by atoms with Crippen LogP contribution >= 0.6 is 11.3 Å². The summed E-state index contributed by atoms with van der Waals surface area (Å²) in [5.41, 5.74) is 2.73. The normalized spacial score (nSPS) is 21.6. The molecule has 2 aromatic heterocycles. The zero-order valence-electron chi connectivity index (χ0n) is 15.3. The van der Waals surface area contributed by atoms with Crippen molar-refractivity contribution in [2.45, 2.75) is 37.8 Å². The molecule has 5 rings (SSSR count). The van der Waals surface area contributed by atoms with E-state index in [-0.39, 0.29) is 23.6 Å². The fourth-order valence-corrected chi connectivity index (χ4v) is 4.80. The Morgan fingerprint density at radius 1 is 1.21 bits per heavy atom. The van der Waals surface area contributed by atoms with Gasteiger partial charge in [0.1, 0.15) is 6.04 Å². The molecule has 1 N–H and O–H groups in total. The molecule has 0 spiro atoms. The van der Waals surface area contributed by atoms with Gasteiger partial charge in [0.05, 0.1) is 35.2 Å². The van der Waals surface area contributed by atoms with E-state index in [1.54, 1.807) is 6.07 Å². The van der Waals surface area contributed by atoms with E-state index in [1.165, 1.54) is 16.0 Å². The molecule has 1 aliphatic carbocycles. The average molecular weight is 396 g/mol. The van der Waals surface area contributed by atoms with Crippen molar-refractivity contribution < 1.29 is 9.53 Å². The maximum absolute atomic E-state index is 12.7. The minimum absolute atomic E-state index is 0.129. The number of aromatic nitrogens is 3. The second kappa shape index (κ2) is 7.10. The van der Waals surface area contributed by atoms with Gasteiger partial charge in [-0.25, -0.2) is 9.67 Å². The van der Waals surface area contributed by atoms with E-state index in [4.69, 9.17) is 4.74 Å². The molecule has 7 nitrogen and oxygen atoms in total. The first-order chi connectivity index (χ1) is 13.7. The zero-order valence-corrected chi connectivity index (χ0v) is 16.1. The smallest absolute Gasteiger partial charge is 0.280 e. The van der Waals surface area contributed by atoms with Gasteiger partial charge in [-0.05, 0) is 43.4 Å². The lowest BCUT2D eigenvalue weighted by molar-refractivity contribution is 0.0924. The van der Waals surface area contributed by atoms with E-state index in [2.05, 4.69) is 15.4 Å². The monoisotopic (exact) mass is 396 g/mol. The number of carbonyl (C=O) groups is 1. The van der Waals surface area contributed by atoms with Crippen LogP contribution in [0, 0.1) is 0 Å². The molecular weight excluding hydrogens is 376 g/mol. The van der Waals surface area contributed by atoms with Crippen molar-refractivity contribution in [3.63, 3.8) is 0 Å². The molecule has 1 fully saturated rings. The molecule has 8 heteroatoms. The number of fused-ring (bicyclic) bond motifs is 2. The highest BCUT2D eigenvalue weighted by Gasteiger charge is 2.34. The van der Waals surface area contributed by atoms with E-state index in [0.29, 0.717) is 18.2 Å². The number of hydrogen-bond acceptors (Lipinski definition) is 6. The fourth-order valence-electron chi connectivity index (χ4n) is 3.94. The number of benzene rings is 1. The first kappa shape index (κ1) is 17.5. The first-order valence-electron chi connectivity index (χ1n) is 9.55. The van der Waals surface area contributed by atoms with Crippen LogP contribution in [0.3, 0.4) is 0 Å². The zero-order chi connectivity index (χ0) is 19.1. The number of amides is 1. The Morgan fingerprint density at radius 2 is 2.07 bits per heavy atom. The van der Waals surface area contributed by atoms with Crippen LogP contribution in [0.5, 0.6) is 0 Å². The van der Waals surface area contributed by atoms with Crippen LogP contribution in [0.1, 0.15) is 39.9 Å². The van der Waals surface area contributed by atoms with E-state index < -0.39 is 0 Å². The number of nitrogens with zero attached hydrogens (tertiary/aromatic N) is 3. The minimum Gasteiger partial charge on any atom is -0.377 e. The third-order valence-corrected chi connectivity index (χ3v) is 6.44. The van der Waals surface area contributed by atoms with E-state index in [1.807, 2.05) is 24.3 Å². The summed E-state index contributed by atoms with van der Waals surface area (Å²) in [4.78, 5) is 29.8. The predicted molar refractivity (Wildman–Crippen MR) is 106 cm³/mol. The van der Waals surface area contributed by atoms with Crippen molar-refractivity contribution in [1.82, 2.24) is 20.1 Å². The second-order valence-electron chi connectivity index (χ2n) is 7.28. The van der Waals surface area contributed by atoms with Crippen molar-refractivity contribution in [3.05, 3.63) is 57.0 Å². The van der Waals surface area contributed by atoms with Crippen LogP contribution < -0.4 is 10.9 Å². The lowest BCUT2D eigenvalue weighted by Crippen LogP contribution is -2.44. The summed E-state index contributed by atoms with van der Waals surface area (Å²) in [5, 5.41) is 8.03. The maximum atomic E-state index is 12.7. The van der Waals surface area contributed by atoms with Gasteiger partial charge in [0.15, 0.2) is 5.01 Å². The van der Waals surface area contributed by atoms with Crippen molar-refractivity contribution >= 4 is 27.5 Å². The Hall–Kier alpha value is -2.58. The van der Waals surface area contributed by atoms with E-state index >= 15 is 0 Å². The van der Waals surface area contributed by atoms with Gasteiger partial charge in [0.2, 0.25) is 0 Å². The second-order valence-corrected chi connectivity index (χ2v) is 8.31. The highest BCUT2D eigenvalue weighted by Crippen LogP contribution is 2.24. The molecule has 0 radical (unpaired) electrons. The molecule has 28 heavy (non-hydrogen) atoms. The minimum atomic E-state index is -0.314. The molecule has 0 saturated carbocycles. The van der Waals surface area contributed by atoms with Crippen LogP contribution in [0.15, 0.2) is 35.1 Å². The number of aryl methyl sites for hydroxylation is 2. The topological polar surface area (TPSA) is 86.1 Å². The summed E-state index contributed by atoms with van der Waals surface area (Å²) in [6.45, 7) is 0.711. The van der Waals surface area contributed by atoms with Gasteiger partial charge in [-0.15, -0.1) is 11.3 Å². The van der Waals surface area contributed by atoms with Crippen LogP contribution in [0.4, 0.5) is 0 Å². The highest BCUT2D eigenvalue weighted by atomic mass is 32.1. The van der Waals surface area contributed by atoms with Gasteiger partial charge in [0.25, 0.3) is 11.5 Å². The number of carbonyl (C=O) groups excluding carboxylic acids is 1. The molecule has 3 aromatic rings. The number of rotatable bonds is 3. The molecule has 144 valence electrons. The summed E-state index contributed by atoms with van der Waals surface area (Å²) < 4.78 is 8.06. The Bertz CT molecular complexity index is 1070. The van der Waals surface area contributed by atoms with E-state index in [0.717, 1.165) is 47.2 Å². The molecule has 1 aromatic carbocycles. The van der Waals surface area contributed by atoms with E-state index in [9.17, 15) is 9.59 Å². The van der Waals surface area contributed by atoms with Crippen molar-refractivity contribution in [1.29, 1.82) is 0 Å². The van der Waals surface area contributed by atoms with Gasteiger partial charge < -0.3 is 10.1 Å². The van der Waals surface area contributed by atoms with Gasteiger partial charge in [-0.1, -0.05) is 12.1 Å². The van der Waals surface area contributed by atoms with Crippen LogP contribution in [-0.4, -0.2) is 39.9 Å². The lowest BCUT2D eigenvalue weighted by atomic mass is 9.97. The van der Waals surface area contributed by atoms with Crippen LogP contribution in [-0.2, 0) is 17.6 Å². The molecule has 2 atom stereocenters. The number of para-hydroxylation sites is 1. The molecule has 0 bridgehead atoms. The number of thiazole rings is 1. The van der Waals surface area contributed by atoms with Crippen molar-refractivity contribution in [2.75, 3.05) is 13.2 Å². The fraction of sp³-hybridized carbons (Fsp3) is 0.400. The standard InChI is InChI=1S/C20H20N4O3S/c25-18-9-12-5-1-2-6-13(12)23-24(18)16-11-27-10-15(16)21-19(26)20-22-14-7-3-4-8-17(14)28-20/h3-4,7-9,15-16H,1-2,5-6,10-11H2,(H,21,26). The lowest BCUT2D eigenvalue weighted by Gasteiger charge is -2.22.